The van der Waals surface area contributed by atoms with Crippen LogP contribution in [0.4, 0.5) is 5.69 Å². The number of benzene rings is 2. The number of rotatable bonds is 7. The van der Waals surface area contributed by atoms with Crippen molar-refractivity contribution in [3.63, 3.8) is 0 Å². The van der Waals surface area contributed by atoms with Crippen LogP contribution < -0.4 is 10.2 Å². The minimum absolute atomic E-state index is 0.0139. The highest BCUT2D eigenvalue weighted by Crippen LogP contribution is 2.39. The summed E-state index contributed by atoms with van der Waals surface area (Å²) in [6, 6.07) is 23.7. The predicted molar refractivity (Wildman–Crippen MR) is 243 cm³/mol. The van der Waals surface area contributed by atoms with E-state index in [0.717, 1.165) is 68.7 Å². The van der Waals surface area contributed by atoms with E-state index < -0.39 is 5.54 Å². The zero-order chi connectivity index (χ0) is 43.5. The Bertz CT molecular complexity index is 2100. The summed E-state index contributed by atoms with van der Waals surface area (Å²) in [5.74, 6) is 0.246. The molecule has 11 nitrogen and oxygen atoms in total. The van der Waals surface area contributed by atoms with Crippen molar-refractivity contribution in [1.82, 2.24) is 34.9 Å². The Balaban J connectivity index is 0.000000173. The van der Waals surface area contributed by atoms with Crippen LogP contribution in [0, 0.1) is 27.7 Å². The van der Waals surface area contributed by atoms with Gasteiger partial charge >= 0.3 is 0 Å². The highest BCUT2D eigenvalue weighted by atomic mass is 79.9. The van der Waals surface area contributed by atoms with Gasteiger partial charge in [-0.1, -0.05) is 63.4 Å². The number of amides is 3. The van der Waals surface area contributed by atoms with Crippen molar-refractivity contribution >= 4 is 62.5 Å². The molecule has 14 heteroatoms. The second-order valence-corrected chi connectivity index (χ2v) is 18.9. The molecule has 60 heavy (non-hydrogen) atoms. The van der Waals surface area contributed by atoms with E-state index in [-0.39, 0.29) is 35.8 Å². The molecule has 6 heterocycles. The largest absolute Gasteiger partial charge is 0.365 e. The number of pyridine rings is 2. The Morgan fingerprint density at radius 2 is 1.13 bits per heavy atom. The van der Waals surface area contributed by atoms with E-state index in [9.17, 15) is 14.4 Å². The average molecular weight is 921 g/mol. The normalized spacial score (nSPS) is 18.3. The Morgan fingerprint density at radius 1 is 0.667 bits per heavy atom. The monoisotopic (exact) mass is 918 g/mol. The summed E-state index contributed by atoms with van der Waals surface area (Å²) >= 11 is 15.3. The van der Waals surface area contributed by atoms with E-state index in [4.69, 9.17) is 23.2 Å². The summed E-state index contributed by atoms with van der Waals surface area (Å²) in [4.78, 5) is 58.0. The maximum Gasteiger partial charge on any atom is 0.252 e. The summed E-state index contributed by atoms with van der Waals surface area (Å²) in [6.07, 6.45) is 0. The molecule has 0 unspecified atom stereocenters. The average Bonchev–Trinajstić information content (AvgIpc) is 3.13. The van der Waals surface area contributed by atoms with Crippen molar-refractivity contribution in [1.29, 1.82) is 0 Å². The van der Waals surface area contributed by atoms with Gasteiger partial charge in [0.05, 0.1) is 25.2 Å². The van der Waals surface area contributed by atoms with Gasteiger partial charge < -0.3 is 24.9 Å². The molecule has 0 radical (unpaired) electrons. The lowest BCUT2D eigenvalue weighted by atomic mass is 9.82. The zero-order valence-electron chi connectivity index (χ0n) is 35.9. The summed E-state index contributed by atoms with van der Waals surface area (Å²) in [5.41, 5.74) is 6.26. The van der Waals surface area contributed by atoms with Gasteiger partial charge in [-0.25, -0.2) is 0 Å². The molecular weight excluding hydrogens is 863 g/mol. The van der Waals surface area contributed by atoms with Crippen LogP contribution in [0.5, 0.6) is 0 Å². The van der Waals surface area contributed by atoms with Crippen molar-refractivity contribution in [2.24, 2.45) is 0 Å². The van der Waals surface area contributed by atoms with Gasteiger partial charge in [0.15, 0.2) is 5.54 Å². The molecule has 4 aliphatic rings. The Hall–Kier alpha value is -4.07. The lowest BCUT2D eigenvalue weighted by Gasteiger charge is -2.59. The number of aromatic nitrogens is 2. The fourth-order valence-corrected chi connectivity index (χ4v) is 9.27. The number of anilines is 1. The molecule has 0 bridgehead atoms. The van der Waals surface area contributed by atoms with Gasteiger partial charge in [0, 0.05) is 87.8 Å². The van der Waals surface area contributed by atoms with Gasteiger partial charge in [-0.3, -0.25) is 29.3 Å². The zero-order valence-corrected chi connectivity index (χ0v) is 39.0. The maximum absolute atomic E-state index is 13.6. The summed E-state index contributed by atoms with van der Waals surface area (Å²) in [6.45, 7) is 21.5. The maximum atomic E-state index is 13.6. The first kappa shape index (κ1) is 45.5. The van der Waals surface area contributed by atoms with Crippen LogP contribution in [0.1, 0.15) is 61.6 Å². The fraction of sp³-hybridized carbons (Fsp3) is 0.457. The molecule has 1 N–H and O–H groups in total. The van der Waals surface area contributed by atoms with Crippen molar-refractivity contribution in [3.8, 4) is 0 Å². The number of hydrogen-bond donors (Lipinski definition) is 1. The van der Waals surface area contributed by atoms with E-state index in [0.29, 0.717) is 43.8 Å². The first-order chi connectivity index (χ1) is 28.4. The molecule has 0 atom stereocenters. The molecule has 8 rings (SSSR count). The second-order valence-electron chi connectivity index (χ2n) is 17.1. The van der Waals surface area contributed by atoms with Crippen LogP contribution in [0.15, 0.2) is 77.3 Å². The molecule has 2 aromatic heterocycles. The van der Waals surface area contributed by atoms with Crippen LogP contribution in [-0.4, -0.2) is 116 Å². The predicted octanol–water partition coefficient (Wildman–Crippen LogP) is 7.39. The molecule has 4 aromatic rings. The number of halogens is 3. The first-order valence-electron chi connectivity index (χ1n) is 20.5. The Labute approximate surface area is 373 Å². The third kappa shape index (κ3) is 10.3. The third-order valence-electron chi connectivity index (χ3n) is 11.6. The number of piperazine rings is 2. The lowest BCUT2D eigenvalue weighted by molar-refractivity contribution is -0.170. The number of nitrogens with zero attached hydrogens (tertiary/aromatic N) is 7. The van der Waals surface area contributed by atoms with Crippen molar-refractivity contribution in [2.45, 2.75) is 91.6 Å². The quantitative estimate of drug-likeness (QED) is 0.205. The fourth-order valence-electron chi connectivity index (χ4n) is 8.36. The number of carbonyl (C=O) groups excluding carboxylic acids is 3. The van der Waals surface area contributed by atoms with Crippen LogP contribution in [0.25, 0.3) is 0 Å². The van der Waals surface area contributed by atoms with Gasteiger partial charge in [0.2, 0.25) is 11.8 Å². The topological polar surface area (TPSA) is 105 Å². The number of hydrogen-bond acceptors (Lipinski definition) is 8. The van der Waals surface area contributed by atoms with E-state index >= 15 is 0 Å². The van der Waals surface area contributed by atoms with Gasteiger partial charge in [0.25, 0.3) is 5.91 Å². The van der Waals surface area contributed by atoms with Crippen molar-refractivity contribution in [3.05, 3.63) is 121 Å². The molecule has 320 valence electrons. The Kier molecular flexibility index (Phi) is 14.3. The molecule has 4 aliphatic heterocycles. The smallest absolute Gasteiger partial charge is 0.252 e. The van der Waals surface area contributed by atoms with E-state index in [1.807, 2.05) is 114 Å². The van der Waals surface area contributed by atoms with Gasteiger partial charge in [-0.2, -0.15) is 0 Å². The number of carbonyl (C=O) groups is 3. The van der Waals surface area contributed by atoms with Gasteiger partial charge in [-0.05, 0) is 115 Å². The summed E-state index contributed by atoms with van der Waals surface area (Å²) in [5, 5.41) is 4.72. The van der Waals surface area contributed by atoms with E-state index in [1.165, 1.54) is 0 Å². The Morgan fingerprint density at radius 3 is 1.57 bits per heavy atom. The van der Waals surface area contributed by atoms with Crippen LogP contribution in [-0.2, 0) is 27.5 Å². The SMILES string of the molecule is CC(C)N1CC(=O)N(Cc2ccc(Cl)cc2)C2(CNC2)C1.Cc1cc(Br)cc(C)n1.Cc1cc(N2CC3(C2)C(=O)N(C(C)C)CC(=O)N3Cc2ccc(Cl)cc2)cc(C)n1. The highest BCUT2D eigenvalue weighted by molar-refractivity contribution is 9.10. The molecular formula is C46H57BrCl2N8O3. The standard InChI is InChI=1S/C23H27ClN4O2.C16H22ClN3O.C7H8BrN/c1-15(2)27-12-21(29)28(11-18-5-7-19(24)8-6-18)23(22(27)30)13-26(14-23)20-9-16(3)25-17(4)10-20;1-12(2)19-8-15(21)20(16(11-19)9-18-10-16)7-13-3-5-14(17)6-4-13;1-5-3-7(8)4-6(2)9-5/h5-10,15H,11-14H2,1-4H3;3-6,12,18H,7-11H2,1-2H3;3-4H,1-2H3. The van der Waals surface area contributed by atoms with Gasteiger partial charge in [0.1, 0.15) is 6.54 Å². The molecule has 2 aromatic carbocycles. The second kappa shape index (κ2) is 18.9. The number of nitrogens with one attached hydrogen (secondary N) is 1. The van der Waals surface area contributed by atoms with E-state index in [2.05, 4.69) is 59.8 Å². The van der Waals surface area contributed by atoms with E-state index in [1.54, 1.807) is 9.80 Å². The van der Waals surface area contributed by atoms with Crippen LogP contribution in [0.2, 0.25) is 10.0 Å². The minimum atomic E-state index is -0.843. The summed E-state index contributed by atoms with van der Waals surface area (Å²) < 4.78 is 1.10. The van der Waals surface area contributed by atoms with Crippen molar-refractivity contribution in [2.75, 3.05) is 50.7 Å². The molecule has 0 aliphatic carbocycles. The molecule has 2 spiro atoms. The lowest BCUT2D eigenvalue weighted by Crippen LogP contribution is -2.81. The third-order valence-corrected chi connectivity index (χ3v) is 12.6. The molecule has 0 saturated carbocycles. The van der Waals surface area contributed by atoms with Crippen LogP contribution >= 0.6 is 39.1 Å². The highest BCUT2D eigenvalue weighted by Gasteiger charge is 2.60. The summed E-state index contributed by atoms with van der Waals surface area (Å²) in [7, 11) is 0. The number of aryl methyl sites for hydroxylation is 4. The van der Waals surface area contributed by atoms with Crippen molar-refractivity contribution < 1.29 is 14.4 Å². The molecule has 3 amide bonds. The van der Waals surface area contributed by atoms with Crippen LogP contribution in [0.3, 0.4) is 0 Å². The molecule has 4 fully saturated rings. The minimum Gasteiger partial charge on any atom is -0.365 e. The first-order valence-corrected chi connectivity index (χ1v) is 22.1. The van der Waals surface area contributed by atoms with Gasteiger partial charge in [-0.15, -0.1) is 0 Å². The molecule has 4 saturated heterocycles.